The van der Waals surface area contributed by atoms with Gasteiger partial charge in [0.2, 0.25) is 0 Å². The standard InChI is InChI=1S/C18H23NO6/c1-12(20)14-5-4-6-15(11-14)25-13(2)16(21)19-18(17(22)23-3)7-9-24-10-8-18/h4-6,11,13H,7-10H2,1-3H3,(H,19,21)/t13-/m0/s1. The second-order valence-electron chi connectivity index (χ2n) is 6.02. The molecule has 1 saturated heterocycles. The molecule has 0 saturated carbocycles. The average Bonchev–Trinajstić information content (AvgIpc) is 2.61. The summed E-state index contributed by atoms with van der Waals surface area (Å²) in [6.07, 6.45) is -0.151. The first-order chi connectivity index (χ1) is 11.9. The second-order valence-corrected chi connectivity index (χ2v) is 6.02. The van der Waals surface area contributed by atoms with E-state index in [1.165, 1.54) is 14.0 Å². The summed E-state index contributed by atoms with van der Waals surface area (Å²) in [5.74, 6) is -0.598. The Hall–Kier alpha value is -2.41. The summed E-state index contributed by atoms with van der Waals surface area (Å²) >= 11 is 0. The van der Waals surface area contributed by atoms with Crippen molar-refractivity contribution in [2.75, 3.05) is 20.3 Å². The van der Waals surface area contributed by atoms with Gasteiger partial charge in [0.15, 0.2) is 11.9 Å². The highest BCUT2D eigenvalue weighted by atomic mass is 16.5. The second kappa shape index (κ2) is 8.11. The highest BCUT2D eigenvalue weighted by molar-refractivity contribution is 5.94. The van der Waals surface area contributed by atoms with Gasteiger partial charge in [-0.1, -0.05) is 12.1 Å². The minimum Gasteiger partial charge on any atom is -0.481 e. The van der Waals surface area contributed by atoms with Gasteiger partial charge in [-0.15, -0.1) is 0 Å². The molecular formula is C18H23NO6. The fraction of sp³-hybridized carbons (Fsp3) is 0.500. The lowest BCUT2D eigenvalue weighted by Gasteiger charge is -2.35. The van der Waals surface area contributed by atoms with Gasteiger partial charge >= 0.3 is 5.97 Å². The van der Waals surface area contributed by atoms with E-state index in [0.29, 0.717) is 37.4 Å². The topological polar surface area (TPSA) is 90.9 Å². The van der Waals surface area contributed by atoms with Gasteiger partial charge in [-0.05, 0) is 26.0 Å². The van der Waals surface area contributed by atoms with Crippen LogP contribution in [0, 0.1) is 0 Å². The van der Waals surface area contributed by atoms with Crippen molar-refractivity contribution in [2.24, 2.45) is 0 Å². The first kappa shape index (κ1) is 18.9. The zero-order valence-corrected chi connectivity index (χ0v) is 14.7. The summed E-state index contributed by atoms with van der Waals surface area (Å²) in [4.78, 5) is 36.1. The Kier molecular flexibility index (Phi) is 6.14. The van der Waals surface area contributed by atoms with E-state index in [-0.39, 0.29) is 5.78 Å². The molecule has 1 aromatic carbocycles. The lowest BCUT2D eigenvalue weighted by molar-refractivity contribution is -0.156. The summed E-state index contributed by atoms with van der Waals surface area (Å²) in [5.41, 5.74) is -0.594. The zero-order valence-electron chi connectivity index (χ0n) is 14.7. The third-order valence-electron chi connectivity index (χ3n) is 4.21. The van der Waals surface area contributed by atoms with Crippen molar-refractivity contribution < 1.29 is 28.6 Å². The molecule has 7 nitrogen and oxygen atoms in total. The number of carbonyl (C=O) groups excluding carboxylic acids is 3. The van der Waals surface area contributed by atoms with Crippen molar-refractivity contribution in [1.82, 2.24) is 5.32 Å². The molecule has 25 heavy (non-hydrogen) atoms. The van der Waals surface area contributed by atoms with Gasteiger partial charge in [0.25, 0.3) is 5.91 Å². The van der Waals surface area contributed by atoms with Crippen molar-refractivity contribution >= 4 is 17.7 Å². The van der Waals surface area contributed by atoms with E-state index in [2.05, 4.69) is 5.32 Å². The van der Waals surface area contributed by atoms with Crippen molar-refractivity contribution in [3.05, 3.63) is 29.8 Å². The van der Waals surface area contributed by atoms with Crippen LogP contribution in [0.4, 0.5) is 0 Å². The summed E-state index contributed by atoms with van der Waals surface area (Å²) in [7, 11) is 1.29. The number of rotatable bonds is 6. The number of benzene rings is 1. The molecule has 0 radical (unpaired) electrons. The van der Waals surface area contributed by atoms with Crippen LogP contribution in [0.1, 0.15) is 37.0 Å². The Morgan fingerprint density at radius 2 is 1.92 bits per heavy atom. The molecule has 0 bridgehead atoms. The van der Waals surface area contributed by atoms with E-state index in [1.807, 2.05) is 0 Å². The molecule has 1 N–H and O–H groups in total. The maximum atomic E-state index is 12.5. The predicted molar refractivity (Wildman–Crippen MR) is 89.5 cm³/mol. The molecule has 1 heterocycles. The average molecular weight is 349 g/mol. The van der Waals surface area contributed by atoms with Crippen molar-refractivity contribution in [3.63, 3.8) is 0 Å². The van der Waals surface area contributed by atoms with E-state index >= 15 is 0 Å². The minimum absolute atomic E-state index is 0.0885. The molecule has 0 unspecified atom stereocenters. The molecule has 0 aliphatic carbocycles. The quantitative estimate of drug-likeness (QED) is 0.618. The van der Waals surface area contributed by atoms with Crippen LogP contribution in [-0.2, 0) is 19.1 Å². The number of hydrogen-bond donors (Lipinski definition) is 1. The van der Waals surface area contributed by atoms with Gasteiger partial charge < -0.3 is 19.5 Å². The van der Waals surface area contributed by atoms with E-state index in [1.54, 1.807) is 31.2 Å². The molecule has 136 valence electrons. The van der Waals surface area contributed by atoms with Gasteiger partial charge in [0.05, 0.1) is 7.11 Å². The Morgan fingerprint density at radius 1 is 1.24 bits per heavy atom. The predicted octanol–water partition coefficient (Wildman–Crippen LogP) is 1.49. The van der Waals surface area contributed by atoms with Gasteiger partial charge in [0, 0.05) is 31.6 Å². The fourth-order valence-electron chi connectivity index (χ4n) is 2.68. The highest BCUT2D eigenvalue weighted by Crippen LogP contribution is 2.23. The first-order valence-corrected chi connectivity index (χ1v) is 8.14. The number of ketones is 1. The third-order valence-corrected chi connectivity index (χ3v) is 4.21. The molecular weight excluding hydrogens is 326 g/mol. The number of nitrogens with one attached hydrogen (secondary N) is 1. The molecule has 1 aliphatic rings. The van der Waals surface area contributed by atoms with Gasteiger partial charge in [-0.2, -0.15) is 0 Å². The van der Waals surface area contributed by atoms with Crippen molar-refractivity contribution in [1.29, 1.82) is 0 Å². The Labute approximate surface area is 146 Å². The molecule has 1 aliphatic heterocycles. The molecule has 0 spiro atoms. The molecule has 2 rings (SSSR count). The molecule has 1 amide bonds. The highest BCUT2D eigenvalue weighted by Gasteiger charge is 2.43. The van der Waals surface area contributed by atoms with E-state index < -0.39 is 23.5 Å². The Balaban J connectivity index is 2.07. The minimum atomic E-state index is -1.09. The molecule has 1 aromatic rings. The summed E-state index contributed by atoms with van der Waals surface area (Å²) in [6, 6.07) is 6.61. The van der Waals surface area contributed by atoms with Crippen LogP contribution in [0.15, 0.2) is 24.3 Å². The molecule has 1 atom stereocenters. The normalized spacial score (nSPS) is 17.2. The van der Waals surface area contributed by atoms with Crippen LogP contribution < -0.4 is 10.1 Å². The van der Waals surface area contributed by atoms with Crippen LogP contribution in [-0.4, -0.2) is 49.6 Å². The van der Waals surface area contributed by atoms with E-state index in [4.69, 9.17) is 14.2 Å². The maximum absolute atomic E-state index is 12.5. The van der Waals surface area contributed by atoms with Gasteiger partial charge in [0.1, 0.15) is 11.3 Å². The SMILES string of the molecule is COC(=O)C1(NC(=O)[C@H](C)Oc2cccc(C(C)=O)c2)CCOCC1. The lowest BCUT2D eigenvalue weighted by Crippen LogP contribution is -2.60. The summed E-state index contributed by atoms with van der Waals surface area (Å²) in [5, 5.41) is 2.76. The zero-order chi connectivity index (χ0) is 18.4. The number of ether oxygens (including phenoxy) is 3. The Morgan fingerprint density at radius 3 is 2.52 bits per heavy atom. The first-order valence-electron chi connectivity index (χ1n) is 8.14. The molecule has 7 heteroatoms. The number of amides is 1. The number of esters is 1. The summed E-state index contributed by atoms with van der Waals surface area (Å²) in [6.45, 7) is 3.77. The number of carbonyl (C=O) groups is 3. The number of Topliss-reactive ketones (excluding diaryl/α,β-unsaturated/α-hetero) is 1. The van der Waals surface area contributed by atoms with Crippen molar-refractivity contribution in [3.8, 4) is 5.75 Å². The monoisotopic (exact) mass is 349 g/mol. The van der Waals surface area contributed by atoms with Gasteiger partial charge in [-0.25, -0.2) is 4.79 Å². The largest absolute Gasteiger partial charge is 0.481 e. The summed E-state index contributed by atoms with van der Waals surface area (Å²) < 4.78 is 15.7. The van der Waals surface area contributed by atoms with Crippen LogP contribution in [0.5, 0.6) is 5.75 Å². The van der Waals surface area contributed by atoms with E-state index in [0.717, 1.165) is 0 Å². The van der Waals surface area contributed by atoms with Gasteiger partial charge in [-0.3, -0.25) is 9.59 Å². The molecule has 1 fully saturated rings. The van der Waals surface area contributed by atoms with Crippen LogP contribution >= 0.6 is 0 Å². The van der Waals surface area contributed by atoms with Crippen LogP contribution in [0.3, 0.4) is 0 Å². The third kappa shape index (κ3) is 4.57. The van der Waals surface area contributed by atoms with Crippen LogP contribution in [0.25, 0.3) is 0 Å². The maximum Gasteiger partial charge on any atom is 0.331 e. The number of hydrogen-bond acceptors (Lipinski definition) is 6. The van der Waals surface area contributed by atoms with Crippen molar-refractivity contribution in [2.45, 2.75) is 38.3 Å². The number of methoxy groups -OCH3 is 1. The Bertz CT molecular complexity index is 651. The van der Waals surface area contributed by atoms with E-state index in [9.17, 15) is 14.4 Å². The fourth-order valence-corrected chi connectivity index (χ4v) is 2.68. The van der Waals surface area contributed by atoms with Crippen LogP contribution in [0.2, 0.25) is 0 Å². The molecule has 0 aromatic heterocycles. The lowest BCUT2D eigenvalue weighted by atomic mass is 9.89. The smallest absolute Gasteiger partial charge is 0.331 e.